The van der Waals surface area contributed by atoms with Crippen LogP contribution >= 0.6 is 31.9 Å². The summed E-state index contributed by atoms with van der Waals surface area (Å²) >= 11 is 6.08. The molecule has 2 aromatic heterocycles. The van der Waals surface area contributed by atoms with E-state index in [0.717, 1.165) is 0 Å². The highest BCUT2D eigenvalue weighted by molar-refractivity contribution is 9.10. The van der Waals surface area contributed by atoms with Gasteiger partial charge in [-0.25, -0.2) is 9.59 Å². The van der Waals surface area contributed by atoms with Crippen LogP contribution in [0.4, 0.5) is 0 Å². The summed E-state index contributed by atoms with van der Waals surface area (Å²) in [6.07, 6.45) is 0. The van der Waals surface area contributed by atoms with Crippen molar-refractivity contribution in [3.05, 3.63) is 44.6 Å². The van der Waals surface area contributed by atoms with Gasteiger partial charge in [-0.15, -0.1) is 0 Å². The molecule has 0 atom stereocenters. The number of carbonyl (C=O) groups is 2. The van der Waals surface area contributed by atoms with Gasteiger partial charge in [0.15, 0.2) is 9.34 Å². The van der Waals surface area contributed by atoms with Crippen molar-refractivity contribution in [3.8, 4) is 0 Å². The van der Waals surface area contributed by atoms with E-state index in [9.17, 15) is 9.59 Å². The number of rotatable bonds is 2. The Morgan fingerprint density at radius 3 is 2.15 bits per heavy atom. The van der Waals surface area contributed by atoms with Crippen LogP contribution in [0.2, 0.25) is 0 Å². The van der Waals surface area contributed by atoms with Gasteiger partial charge < -0.3 is 18.7 Å². The fraction of sp³-hybridized carbons (Fsp3) is 0.167. The molecule has 6 nitrogen and oxygen atoms in total. The van der Waals surface area contributed by atoms with Gasteiger partial charge in [0.05, 0.1) is 7.11 Å². The van der Waals surface area contributed by atoms with Crippen molar-refractivity contribution in [2.45, 2.75) is 6.92 Å². The zero-order valence-corrected chi connectivity index (χ0v) is 13.6. The first-order valence-corrected chi connectivity index (χ1v) is 6.76. The maximum atomic E-state index is 10.7. The topological polar surface area (TPSA) is 89.9 Å². The Balaban J connectivity index is 0.000000200. The lowest BCUT2D eigenvalue weighted by atomic mass is 10.3. The monoisotopic (exact) mass is 408 g/mol. The molecule has 0 saturated heterocycles. The Kier molecular flexibility index (Phi) is 6.03. The number of carboxylic acids is 1. The van der Waals surface area contributed by atoms with E-state index in [1.807, 2.05) is 0 Å². The molecule has 0 aliphatic carbocycles. The molecule has 0 bridgehead atoms. The number of esters is 1. The normalized spacial score (nSPS) is 9.60. The van der Waals surface area contributed by atoms with E-state index in [1.54, 1.807) is 19.1 Å². The second-order valence-electron chi connectivity index (χ2n) is 3.46. The number of hydrogen-bond donors (Lipinski definition) is 1. The minimum Gasteiger partial charge on any atom is -0.475 e. The van der Waals surface area contributed by atoms with Gasteiger partial charge in [-0.2, -0.15) is 0 Å². The number of furan rings is 2. The Hall–Kier alpha value is -1.54. The summed E-state index contributed by atoms with van der Waals surface area (Å²) in [4.78, 5) is 21.0. The predicted molar refractivity (Wildman–Crippen MR) is 75.9 cm³/mol. The number of ether oxygens (including phenoxy) is 1. The van der Waals surface area contributed by atoms with Crippen LogP contribution < -0.4 is 0 Å². The van der Waals surface area contributed by atoms with Crippen molar-refractivity contribution < 1.29 is 28.3 Å². The van der Waals surface area contributed by atoms with E-state index in [4.69, 9.17) is 13.9 Å². The molecule has 0 saturated carbocycles. The number of carboxylic acid groups (broad SMARTS) is 1. The Bertz CT molecular complexity index is 613. The first-order valence-electron chi connectivity index (χ1n) is 5.18. The van der Waals surface area contributed by atoms with Crippen molar-refractivity contribution in [2.75, 3.05) is 7.11 Å². The molecule has 20 heavy (non-hydrogen) atoms. The molecule has 0 unspecified atom stereocenters. The van der Waals surface area contributed by atoms with Gasteiger partial charge in [-0.1, -0.05) is 0 Å². The van der Waals surface area contributed by atoms with Gasteiger partial charge in [-0.3, -0.25) is 0 Å². The third kappa shape index (κ3) is 4.53. The summed E-state index contributed by atoms with van der Waals surface area (Å²) in [7, 11) is 1.30. The number of carbonyl (C=O) groups excluding carboxylic acids is 1. The zero-order chi connectivity index (χ0) is 15.3. The molecular formula is C12H10Br2O6. The second kappa shape index (κ2) is 7.30. The van der Waals surface area contributed by atoms with Crippen LogP contribution in [0.25, 0.3) is 0 Å². The van der Waals surface area contributed by atoms with Crippen molar-refractivity contribution >= 4 is 43.8 Å². The lowest BCUT2D eigenvalue weighted by molar-refractivity contribution is 0.0563. The van der Waals surface area contributed by atoms with E-state index in [1.165, 1.54) is 13.2 Å². The molecule has 8 heteroatoms. The fourth-order valence-corrected chi connectivity index (χ4v) is 1.99. The summed E-state index contributed by atoms with van der Waals surface area (Å²) < 4.78 is 15.0. The van der Waals surface area contributed by atoms with Crippen LogP contribution in [0, 0.1) is 6.92 Å². The number of halogens is 2. The van der Waals surface area contributed by atoms with Crippen LogP contribution in [0.3, 0.4) is 0 Å². The minimum absolute atomic E-state index is 0.00752. The quantitative estimate of drug-likeness (QED) is 0.757. The zero-order valence-electron chi connectivity index (χ0n) is 10.5. The summed E-state index contributed by atoms with van der Waals surface area (Å²) in [6, 6.07) is 4.78. The number of methoxy groups -OCH3 is 1. The van der Waals surface area contributed by atoms with Gasteiger partial charge in [0, 0.05) is 5.56 Å². The summed E-state index contributed by atoms with van der Waals surface area (Å²) in [5, 5.41) is 8.46. The third-order valence-electron chi connectivity index (χ3n) is 2.04. The lowest BCUT2D eigenvalue weighted by Gasteiger charge is -1.90. The Morgan fingerprint density at radius 2 is 1.85 bits per heavy atom. The first-order chi connectivity index (χ1) is 9.35. The maximum absolute atomic E-state index is 10.7. The molecule has 0 amide bonds. The maximum Gasteiger partial charge on any atom is 0.373 e. The van der Waals surface area contributed by atoms with Crippen molar-refractivity contribution in [3.63, 3.8) is 0 Å². The van der Waals surface area contributed by atoms with Crippen LogP contribution in [-0.2, 0) is 4.74 Å². The molecule has 0 aromatic carbocycles. The number of aryl methyl sites for hydroxylation is 1. The lowest BCUT2D eigenvalue weighted by Crippen LogP contribution is -1.97. The molecule has 2 heterocycles. The van der Waals surface area contributed by atoms with E-state index in [0.29, 0.717) is 14.9 Å². The molecule has 0 fully saturated rings. The molecule has 2 rings (SSSR count). The predicted octanol–water partition coefficient (Wildman–Crippen LogP) is 3.88. The summed E-state index contributed by atoms with van der Waals surface area (Å²) in [6.45, 7) is 1.68. The molecule has 2 aromatic rings. The standard InChI is InChI=1S/2C6H5BrO3/c1-9-6(8)4-2-3-5(7)10-4;1-3-2-4(7)10-5(3)6(8)9/h2-3H,1H3;2H,1H3,(H,8,9). The highest BCUT2D eigenvalue weighted by Crippen LogP contribution is 2.19. The second-order valence-corrected chi connectivity index (χ2v) is 5.03. The van der Waals surface area contributed by atoms with Crippen LogP contribution in [0.1, 0.15) is 26.7 Å². The van der Waals surface area contributed by atoms with Crippen molar-refractivity contribution in [1.29, 1.82) is 0 Å². The van der Waals surface area contributed by atoms with E-state index >= 15 is 0 Å². The first kappa shape index (κ1) is 16.5. The molecule has 0 aliphatic rings. The largest absolute Gasteiger partial charge is 0.475 e. The SMILES string of the molecule is COC(=O)c1ccc(Br)o1.Cc1cc(Br)oc1C(=O)O. The highest BCUT2D eigenvalue weighted by Gasteiger charge is 2.12. The van der Waals surface area contributed by atoms with E-state index in [-0.39, 0.29) is 11.5 Å². The fourth-order valence-electron chi connectivity index (χ4n) is 1.18. The Labute approximate surface area is 131 Å². The number of hydrogen-bond acceptors (Lipinski definition) is 5. The molecule has 0 aliphatic heterocycles. The average Bonchev–Trinajstić information content (AvgIpc) is 2.95. The van der Waals surface area contributed by atoms with Crippen LogP contribution in [-0.4, -0.2) is 24.2 Å². The van der Waals surface area contributed by atoms with E-state index < -0.39 is 11.9 Å². The number of aromatic carboxylic acids is 1. The molecule has 0 spiro atoms. The Morgan fingerprint density at radius 1 is 1.20 bits per heavy atom. The van der Waals surface area contributed by atoms with Crippen LogP contribution in [0.5, 0.6) is 0 Å². The van der Waals surface area contributed by atoms with Gasteiger partial charge in [0.1, 0.15) is 0 Å². The van der Waals surface area contributed by atoms with Crippen molar-refractivity contribution in [2.24, 2.45) is 0 Å². The molecular weight excluding hydrogens is 400 g/mol. The summed E-state index contributed by atoms with van der Waals surface area (Å²) in [5.74, 6) is -1.31. The van der Waals surface area contributed by atoms with Crippen molar-refractivity contribution in [1.82, 2.24) is 0 Å². The molecule has 108 valence electrons. The summed E-state index contributed by atoms with van der Waals surface area (Å²) in [5.41, 5.74) is 0.624. The van der Waals surface area contributed by atoms with E-state index in [2.05, 4.69) is 36.6 Å². The molecule has 1 N–H and O–H groups in total. The van der Waals surface area contributed by atoms with Gasteiger partial charge in [0.2, 0.25) is 11.5 Å². The average molecular weight is 410 g/mol. The third-order valence-corrected chi connectivity index (χ3v) is 2.86. The minimum atomic E-state index is -1.04. The smallest absolute Gasteiger partial charge is 0.373 e. The highest BCUT2D eigenvalue weighted by atomic mass is 79.9. The van der Waals surface area contributed by atoms with Gasteiger partial charge in [0.25, 0.3) is 0 Å². The van der Waals surface area contributed by atoms with Gasteiger partial charge >= 0.3 is 11.9 Å². The van der Waals surface area contributed by atoms with Crippen LogP contribution in [0.15, 0.2) is 36.4 Å². The molecule has 0 radical (unpaired) electrons. The van der Waals surface area contributed by atoms with Gasteiger partial charge in [-0.05, 0) is 57.0 Å².